The first kappa shape index (κ1) is 33.0. The van der Waals surface area contributed by atoms with Gasteiger partial charge in [0.15, 0.2) is 0 Å². The normalized spacial score (nSPS) is 16.8. The number of benzene rings is 3. The zero-order valence-corrected chi connectivity index (χ0v) is 29.8. The number of hydrogen-bond donors (Lipinski definition) is 0. The van der Waals surface area contributed by atoms with Crippen molar-refractivity contribution in [2.45, 2.75) is 83.7 Å². The summed E-state index contributed by atoms with van der Waals surface area (Å²) in [6, 6.07) is 24.1. The van der Waals surface area contributed by atoms with Crippen LogP contribution in [0.1, 0.15) is 99.3 Å². The molecule has 0 aliphatic heterocycles. The van der Waals surface area contributed by atoms with E-state index in [1.807, 2.05) is 0 Å². The minimum Gasteiger partial charge on any atom is -1.00 e. The number of halogens is 2. The van der Waals surface area contributed by atoms with E-state index in [1.165, 1.54) is 39.0 Å². The van der Waals surface area contributed by atoms with Gasteiger partial charge in [0, 0.05) is 0 Å². The van der Waals surface area contributed by atoms with Gasteiger partial charge in [0.25, 0.3) is 0 Å². The van der Waals surface area contributed by atoms with Crippen molar-refractivity contribution in [3.8, 4) is 11.1 Å². The molecular formula is C37H44Cl2Zr. The third-order valence-electron chi connectivity index (χ3n) is 8.72. The summed E-state index contributed by atoms with van der Waals surface area (Å²) in [5.41, 5.74) is 15.0. The van der Waals surface area contributed by atoms with Gasteiger partial charge in [-0.3, -0.25) is 0 Å². The Kier molecular flexibility index (Phi) is 9.89. The summed E-state index contributed by atoms with van der Waals surface area (Å²) < 4.78 is 5.02. The van der Waals surface area contributed by atoms with Crippen LogP contribution >= 0.6 is 0 Å². The molecule has 0 amide bonds. The van der Waals surface area contributed by atoms with Gasteiger partial charge in [-0.15, -0.1) is 0 Å². The predicted molar refractivity (Wildman–Crippen MR) is 163 cm³/mol. The first-order chi connectivity index (χ1) is 17.8. The fourth-order valence-corrected chi connectivity index (χ4v) is 15.1. The molecule has 5 rings (SSSR count). The summed E-state index contributed by atoms with van der Waals surface area (Å²) in [6.07, 6.45) is 2.51. The quantitative estimate of drug-likeness (QED) is 0.402. The molecule has 0 saturated heterocycles. The molecule has 0 nitrogen and oxygen atoms in total. The summed E-state index contributed by atoms with van der Waals surface area (Å²) in [5, 5.41) is 0. The molecular weight excluding hydrogens is 607 g/mol. The summed E-state index contributed by atoms with van der Waals surface area (Å²) >= 11 is -2.42. The number of hydrogen-bond acceptors (Lipinski definition) is 0. The predicted octanol–water partition coefficient (Wildman–Crippen LogP) is 4.01. The smallest absolute Gasteiger partial charge is 1.00 e. The van der Waals surface area contributed by atoms with Crippen LogP contribution in [0, 0.1) is 12.8 Å². The number of allylic oxidation sites excluding steroid dienone is 4. The number of fused-ring (bicyclic) bond motifs is 3. The van der Waals surface area contributed by atoms with Gasteiger partial charge < -0.3 is 24.8 Å². The van der Waals surface area contributed by atoms with Crippen molar-refractivity contribution in [2.75, 3.05) is 0 Å². The van der Waals surface area contributed by atoms with Crippen LogP contribution < -0.4 is 24.8 Å². The van der Waals surface area contributed by atoms with Crippen molar-refractivity contribution < 1.29 is 46.1 Å². The van der Waals surface area contributed by atoms with Crippen LogP contribution in [-0.4, -0.2) is 3.71 Å². The van der Waals surface area contributed by atoms with Gasteiger partial charge in [0.1, 0.15) is 0 Å². The maximum absolute atomic E-state index is 2.75. The van der Waals surface area contributed by atoms with E-state index in [4.69, 9.17) is 0 Å². The average molecular weight is 651 g/mol. The second-order valence-electron chi connectivity index (χ2n) is 13.7. The average Bonchev–Trinajstić information content (AvgIpc) is 3.29. The molecule has 0 fully saturated rings. The SMILES string of the molecule is CC1=CC(C)[C](/[Zr+2](=[CH]/c2ccc(C)cc2)[CH]2c3ccc(C(C)(C)C)cc3-c3cc(C(C)(C)C)ccc32)=C1C.[Cl-].[Cl-]. The second-order valence-corrected chi connectivity index (χ2v) is 19.4. The molecule has 0 heterocycles. The molecule has 1 atom stereocenters. The number of rotatable bonds is 3. The maximum atomic E-state index is 2.75. The summed E-state index contributed by atoms with van der Waals surface area (Å²) in [5.74, 6) is 0.529. The van der Waals surface area contributed by atoms with Crippen LogP contribution in [-0.2, 0) is 32.1 Å². The molecule has 210 valence electrons. The van der Waals surface area contributed by atoms with Crippen LogP contribution in [0.25, 0.3) is 11.1 Å². The third-order valence-corrected chi connectivity index (χ3v) is 16.9. The van der Waals surface area contributed by atoms with Gasteiger partial charge in [0.2, 0.25) is 0 Å². The van der Waals surface area contributed by atoms with Crippen LogP contribution in [0.4, 0.5) is 0 Å². The van der Waals surface area contributed by atoms with Gasteiger partial charge in [0.05, 0.1) is 0 Å². The van der Waals surface area contributed by atoms with Crippen molar-refractivity contribution in [1.82, 2.24) is 0 Å². The summed E-state index contributed by atoms with van der Waals surface area (Å²) in [6.45, 7) is 23.3. The number of aryl methyl sites for hydroxylation is 1. The van der Waals surface area contributed by atoms with Gasteiger partial charge in [-0.2, -0.15) is 0 Å². The second kappa shape index (κ2) is 12.0. The first-order valence-corrected chi connectivity index (χ1v) is 18.3. The molecule has 3 aromatic rings. The van der Waals surface area contributed by atoms with Gasteiger partial charge in [-0.25, -0.2) is 0 Å². The van der Waals surface area contributed by atoms with E-state index in [0.717, 1.165) is 0 Å². The minimum atomic E-state index is -2.42. The van der Waals surface area contributed by atoms with Crippen LogP contribution in [0.3, 0.4) is 0 Å². The Labute approximate surface area is 263 Å². The van der Waals surface area contributed by atoms with E-state index in [0.29, 0.717) is 9.54 Å². The van der Waals surface area contributed by atoms with Crippen LogP contribution in [0.5, 0.6) is 0 Å². The van der Waals surface area contributed by atoms with Gasteiger partial charge in [-0.05, 0) is 0 Å². The standard InChI is InChI=1S/C21H25.C8H11.C8H8.2ClH.Zr/c1-20(2,3)16-9-7-14-11-15-8-10-17(21(4,5)6)13-19(15)18(14)12-16;1-6-4-7(2)8(3)5-6;1-7-3-5-8(2)6-4-7;;;/h7-13H,1-6H3;4,6H,1-3H3;1,3-6H,2H3;2*1H;/q;;;;;+2/p-2. The summed E-state index contributed by atoms with van der Waals surface area (Å²) in [7, 11) is 0. The Hall–Kier alpha value is -1.53. The van der Waals surface area contributed by atoms with Crippen molar-refractivity contribution in [3.63, 3.8) is 0 Å². The molecule has 0 aromatic heterocycles. The Bertz CT molecular complexity index is 1440. The molecule has 2 aliphatic rings. The van der Waals surface area contributed by atoms with E-state index in [-0.39, 0.29) is 35.6 Å². The molecule has 0 radical (unpaired) electrons. The molecule has 2 aliphatic carbocycles. The molecule has 0 N–H and O–H groups in total. The van der Waals surface area contributed by atoms with Gasteiger partial charge in [-0.1, -0.05) is 0 Å². The Morgan fingerprint density at radius 3 is 1.55 bits per heavy atom. The molecule has 0 saturated carbocycles. The fourth-order valence-electron chi connectivity index (χ4n) is 6.29. The summed E-state index contributed by atoms with van der Waals surface area (Å²) in [4.78, 5) is 0. The minimum absolute atomic E-state index is 0. The largest absolute Gasteiger partial charge is 1.00 e. The van der Waals surface area contributed by atoms with Crippen LogP contribution in [0.2, 0.25) is 0 Å². The van der Waals surface area contributed by atoms with E-state index in [9.17, 15) is 0 Å². The fraction of sp³-hybridized carbons (Fsp3) is 0.378. The Morgan fingerprint density at radius 2 is 1.15 bits per heavy atom. The van der Waals surface area contributed by atoms with E-state index >= 15 is 0 Å². The van der Waals surface area contributed by atoms with Crippen molar-refractivity contribution in [2.24, 2.45) is 5.92 Å². The van der Waals surface area contributed by atoms with Crippen molar-refractivity contribution in [3.05, 3.63) is 115 Å². The molecule has 1 unspecified atom stereocenters. The zero-order valence-electron chi connectivity index (χ0n) is 25.8. The monoisotopic (exact) mass is 648 g/mol. The van der Waals surface area contributed by atoms with Gasteiger partial charge >= 0.3 is 240 Å². The molecule has 0 spiro atoms. The van der Waals surface area contributed by atoms with Crippen molar-refractivity contribution >= 4 is 3.71 Å². The van der Waals surface area contributed by atoms with E-state index in [2.05, 4.69) is 140 Å². The topological polar surface area (TPSA) is 0 Å². The Morgan fingerprint density at radius 1 is 0.675 bits per heavy atom. The van der Waals surface area contributed by atoms with Crippen molar-refractivity contribution in [1.29, 1.82) is 0 Å². The molecule has 3 aromatic carbocycles. The zero-order chi connectivity index (χ0) is 27.6. The maximum Gasteiger partial charge on any atom is -1.00 e. The Balaban J connectivity index is 0.00000220. The first-order valence-electron chi connectivity index (χ1n) is 14.2. The molecule has 40 heavy (non-hydrogen) atoms. The molecule has 3 heteroatoms. The molecule has 0 bridgehead atoms. The van der Waals surface area contributed by atoms with E-state index in [1.54, 1.807) is 20.0 Å². The van der Waals surface area contributed by atoms with E-state index < -0.39 is 21.3 Å². The third kappa shape index (κ3) is 6.14. The van der Waals surface area contributed by atoms with Crippen LogP contribution in [0.15, 0.2) is 81.2 Å².